The minimum Gasteiger partial charge on any atom is -0.878 e. The van der Waals surface area contributed by atoms with Crippen LogP contribution in [-0.4, -0.2) is 5.78 Å². The summed E-state index contributed by atoms with van der Waals surface area (Å²) >= 11 is 3.35. The van der Waals surface area contributed by atoms with Gasteiger partial charge in [-0.25, -0.2) is 0 Å². The molecular formula is C10H6BrNaO2. The van der Waals surface area contributed by atoms with Gasteiger partial charge in [0.15, 0.2) is 5.78 Å². The molecular weight excluding hydrogens is 255 g/mol. The number of carbonyl (C=O) groups is 1. The summed E-state index contributed by atoms with van der Waals surface area (Å²) in [5.41, 5.74) is 1.92. The van der Waals surface area contributed by atoms with Crippen molar-refractivity contribution in [2.24, 2.45) is 0 Å². The number of allylic oxidation sites excluding steroid dienone is 1. The van der Waals surface area contributed by atoms with Crippen molar-refractivity contribution in [2.75, 3.05) is 0 Å². The number of halogens is 1. The molecule has 2 nitrogen and oxygen atoms in total. The van der Waals surface area contributed by atoms with E-state index in [1.165, 1.54) is 0 Å². The van der Waals surface area contributed by atoms with Crippen molar-refractivity contribution in [3.63, 3.8) is 0 Å². The fraction of sp³-hybridized carbons (Fsp3) is 0.100. The van der Waals surface area contributed by atoms with Crippen LogP contribution in [0, 0.1) is 0 Å². The first-order chi connectivity index (χ1) is 6.24. The molecule has 0 N–H and O–H groups in total. The van der Waals surface area contributed by atoms with Gasteiger partial charge in [0.25, 0.3) is 0 Å². The molecule has 0 spiro atoms. The average molecular weight is 261 g/mol. The van der Waals surface area contributed by atoms with Gasteiger partial charge in [-0.3, -0.25) is 4.79 Å². The Morgan fingerprint density at radius 2 is 2.14 bits per heavy atom. The monoisotopic (exact) mass is 260 g/mol. The Morgan fingerprint density at radius 3 is 2.71 bits per heavy atom. The molecule has 4 heteroatoms. The van der Waals surface area contributed by atoms with E-state index in [2.05, 4.69) is 15.9 Å². The summed E-state index contributed by atoms with van der Waals surface area (Å²) in [6, 6.07) is 5.42. The first-order valence-corrected chi connectivity index (χ1v) is 4.66. The molecule has 0 aliphatic heterocycles. The summed E-state index contributed by atoms with van der Waals surface area (Å²) in [5, 5.41) is 10.5. The Bertz CT molecular complexity index is 413. The van der Waals surface area contributed by atoms with Crippen LogP contribution in [0.1, 0.15) is 15.9 Å². The number of hydrogen-bond donors (Lipinski definition) is 0. The van der Waals surface area contributed by atoms with E-state index in [0.29, 0.717) is 23.8 Å². The van der Waals surface area contributed by atoms with Crippen molar-refractivity contribution >= 4 is 21.7 Å². The first-order valence-electron chi connectivity index (χ1n) is 3.87. The van der Waals surface area contributed by atoms with Crippen LogP contribution in [0.2, 0.25) is 0 Å². The summed E-state index contributed by atoms with van der Waals surface area (Å²) in [7, 11) is 0. The topological polar surface area (TPSA) is 40.1 Å². The second-order valence-corrected chi connectivity index (χ2v) is 3.77. The van der Waals surface area contributed by atoms with Crippen LogP contribution in [0.15, 0.2) is 34.5 Å². The van der Waals surface area contributed by atoms with Gasteiger partial charge in [-0.15, -0.1) is 6.26 Å². The van der Waals surface area contributed by atoms with Crippen LogP contribution < -0.4 is 34.7 Å². The van der Waals surface area contributed by atoms with Gasteiger partial charge >= 0.3 is 29.6 Å². The normalized spacial score (nSPS) is 16.6. The second-order valence-electron chi connectivity index (χ2n) is 2.91. The SMILES string of the molecule is O=C1/C(=C\[O-])Cc2c(Br)cccc21.[Na+]. The third kappa shape index (κ3) is 1.82. The molecule has 0 radical (unpaired) electrons. The third-order valence-corrected chi connectivity index (χ3v) is 2.91. The molecule has 0 bridgehead atoms. The molecule has 1 aliphatic carbocycles. The minimum absolute atomic E-state index is 0. The molecule has 0 fully saturated rings. The summed E-state index contributed by atoms with van der Waals surface area (Å²) in [6.45, 7) is 0. The zero-order valence-electron chi connectivity index (χ0n) is 7.71. The summed E-state index contributed by atoms with van der Waals surface area (Å²) in [5.74, 6) is -0.133. The number of Topliss-reactive ketones (excluding diaryl/α,β-unsaturated/α-hetero) is 1. The Labute approximate surface area is 112 Å². The van der Waals surface area contributed by atoms with E-state index in [4.69, 9.17) is 0 Å². The van der Waals surface area contributed by atoms with Crippen LogP contribution in [0.5, 0.6) is 0 Å². The molecule has 0 atom stereocenters. The predicted molar refractivity (Wildman–Crippen MR) is 50.3 cm³/mol. The van der Waals surface area contributed by atoms with Crippen molar-refractivity contribution in [1.29, 1.82) is 0 Å². The van der Waals surface area contributed by atoms with Crippen LogP contribution in [0.25, 0.3) is 0 Å². The number of rotatable bonds is 0. The average Bonchev–Trinajstić information content (AvgIpc) is 2.45. The Morgan fingerprint density at radius 1 is 1.43 bits per heavy atom. The molecule has 0 amide bonds. The van der Waals surface area contributed by atoms with Gasteiger partial charge in [0.2, 0.25) is 0 Å². The Kier molecular flexibility index (Phi) is 3.95. The van der Waals surface area contributed by atoms with E-state index in [0.717, 1.165) is 10.0 Å². The van der Waals surface area contributed by atoms with Crippen LogP contribution >= 0.6 is 15.9 Å². The van der Waals surface area contributed by atoms with E-state index in [1.807, 2.05) is 6.07 Å². The molecule has 0 unspecified atom stereocenters. The Hall–Kier alpha value is -0.0900. The van der Waals surface area contributed by atoms with Crippen molar-refractivity contribution in [2.45, 2.75) is 6.42 Å². The quantitative estimate of drug-likeness (QED) is 0.322. The molecule has 66 valence electrons. The number of benzene rings is 1. The van der Waals surface area contributed by atoms with Gasteiger partial charge in [-0.05, 0) is 17.2 Å². The van der Waals surface area contributed by atoms with E-state index in [9.17, 15) is 9.90 Å². The van der Waals surface area contributed by atoms with Crippen molar-refractivity contribution in [1.82, 2.24) is 0 Å². The molecule has 0 aromatic heterocycles. The maximum Gasteiger partial charge on any atom is 1.00 e. The third-order valence-electron chi connectivity index (χ3n) is 2.16. The molecule has 1 aliphatic rings. The van der Waals surface area contributed by atoms with E-state index in [1.54, 1.807) is 12.1 Å². The Balaban J connectivity index is 0.000000980. The minimum atomic E-state index is -0.133. The maximum atomic E-state index is 11.5. The number of fused-ring (bicyclic) bond motifs is 1. The van der Waals surface area contributed by atoms with Gasteiger partial charge in [-0.1, -0.05) is 28.1 Å². The zero-order chi connectivity index (χ0) is 9.42. The van der Waals surface area contributed by atoms with Crippen molar-refractivity contribution < 1.29 is 39.5 Å². The predicted octanol–water partition coefficient (Wildman–Crippen LogP) is -1.56. The van der Waals surface area contributed by atoms with Gasteiger partial charge in [0.05, 0.1) is 0 Å². The number of hydrogen-bond acceptors (Lipinski definition) is 2. The van der Waals surface area contributed by atoms with Gasteiger partial charge in [-0.2, -0.15) is 0 Å². The van der Waals surface area contributed by atoms with Crippen LogP contribution in [0.4, 0.5) is 0 Å². The standard InChI is InChI=1S/C10H7BrO2.Na/c11-9-3-1-2-7-8(9)4-6(5-12)10(7)13;/h1-3,5,12H,4H2;/q;+1/p-1/b6-5-;. The zero-order valence-corrected chi connectivity index (χ0v) is 11.3. The van der Waals surface area contributed by atoms with Gasteiger partial charge in [0, 0.05) is 16.5 Å². The molecule has 0 heterocycles. The largest absolute Gasteiger partial charge is 1.00 e. The van der Waals surface area contributed by atoms with E-state index < -0.39 is 0 Å². The fourth-order valence-electron chi connectivity index (χ4n) is 1.49. The van der Waals surface area contributed by atoms with Crippen molar-refractivity contribution in [3.8, 4) is 0 Å². The van der Waals surface area contributed by atoms with E-state index in [-0.39, 0.29) is 35.3 Å². The molecule has 0 saturated heterocycles. The van der Waals surface area contributed by atoms with Gasteiger partial charge < -0.3 is 5.11 Å². The second kappa shape index (κ2) is 4.62. The summed E-state index contributed by atoms with van der Waals surface area (Å²) in [4.78, 5) is 11.5. The summed E-state index contributed by atoms with van der Waals surface area (Å²) in [6.07, 6.45) is 1.11. The number of ketones is 1. The number of carbonyl (C=O) groups excluding carboxylic acids is 1. The molecule has 1 aromatic carbocycles. The fourth-order valence-corrected chi connectivity index (χ4v) is 2.00. The van der Waals surface area contributed by atoms with Gasteiger partial charge in [0.1, 0.15) is 0 Å². The van der Waals surface area contributed by atoms with Crippen molar-refractivity contribution in [3.05, 3.63) is 45.6 Å². The van der Waals surface area contributed by atoms with Crippen LogP contribution in [-0.2, 0) is 6.42 Å². The van der Waals surface area contributed by atoms with Crippen LogP contribution in [0.3, 0.4) is 0 Å². The maximum absolute atomic E-state index is 11.5. The van der Waals surface area contributed by atoms with E-state index >= 15 is 0 Å². The molecule has 14 heavy (non-hydrogen) atoms. The molecule has 1 aromatic rings. The molecule has 2 rings (SSSR count). The summed E-state index contributed by atoms with van der Waals surface area (Å²) < 4.78 is 0.898. The smallest absolute Gasteiger partial charge is 0.878 e. The first kappa shape index (κ1) is 12.0. The molecule has 0 saturated carbocycles.